The molecule has 0 saturated heterocycles. The lowest BCUT2D eigenvalue weighted by Crippen LogP contribution is -2.04. The largest absolute Gasteiger partial charge is 0.403 e. The van der Waals surface area contributed by atoms with Gasteiger partial charge >= 0.3 is 5.63 Å². The highest BCUT2D eigenvalue weighted by molar-refractivity contribution is 6.09. The van der Waals surface area contributed by atoms with Crippen LogP contribution in [0.2, 0.25) is 0 Å². The van der Waals surface area contributed by atoms with Gasteiger partial charge in [-0.3, -0.25) is 4.79 Å². The smallest absolute Gasteiger partial charge is 0.347 e. The van der Waals surface area contributed by atoms with E-state index in [1.165, 1.54) is 0 Å². The second kappa shape index (κ2) is 6.17. The van der Waals surface area contributed by atoms with Crippen LogP contribution in [0.15, 0.2) is 88.1 Å². The van der Waals surface area contributed by atoms with Crippen molar-refractivity contribution in [1.29, 1.82) is 0 Å². The molecule has 0 saturated carbocycles. The summed E-state index contributed by atoms with van der Waals surface area (Å²) < 4.78 is 5.34. The number of nitrogens with zero attached hydrogens (tertiary/aromatic N) is 1. The maximum atomic E-state index is 12.6. The van der Waals surface area contributed by atoms with Crippen LogP contribution < -0.4 is 5.63 Å². The second-order valence-corrected chi connectivity index (χ2v) is 5.60. The van der Waals surface area contributed by atoms with Gasteiger partial charge in [0.25, 0.3) is 0 Å². The number of carbonyl (C=O) groups excluding carboxylic acids is 1. The molecule has 0 spiro atoms. The minimum atomic E-state index is -0.444. The highest BCUT2D eigenvalue weighted by Gasteiger charge is 2.12. The van der Waals surface area contributed by atoms with E-state index in [4.69, 9.17) is 4.42 Å². The third-order valence-corrected chi connectivity index (χ3v) is 3.94. The van der Waals surface area contributed by atoms with E-state index in [1.807, 2.05) is 24.3 Å². The van der Waals surface area contributed by atoms with Crippen LogP contribution in [0.1, 0.15) is 15.9 Å². The molecule has 4 nitrogen and oxygen atoms in total. The van der Waals surface area contributed by atoms with Gasteiger partial charge in [0.2, 0.25) is 5.89 Å². The van der Waals surface area contributed by atoms with Crippen molar-refractivity contribution in [3.8, 4) is 11.5 Å². The minimum absolute atomic E-state index is 0.0920. The highest BCUT2D eigenvalue weighted by Crippen LogP contribution is 2.21. The summed E-state index contributed by atoms with van der Waals surface area (Å²) in [5.74, 6) is 0.108. The Hall–Kier alpha value is -3.53. The van der Waals surface area contributed by atoms with Gasteiger partial charge in [-0.25, -0.2) is 9.78 Å². The fourth-order valence-electron chi connectivity index (χ4n) is 2.69. The van der Waals surface area contributed by atoms with Crippen molar-refractivity contribution >= 4 is 16.7 Å². The van der Waals surface area contributed by atoms with Crippen LogP contribution in [0.4, 0.5) is 0 Å². The maximum absolute atomic E-state index is 12.6. The number of fused-ring (bicyclic) bond motifs is 1. The summed E-state index contributed by atoms with van der Waals surface area (Å²) in [6, 6.07) is 23.0. The normalized spacial score (nSPS) is 10.7. The van der Waals surface area contributed by atoms with E-state index >= 15 is 0 Å². The van der Waals surface area contributed by atoms with E-state index in [0.29, 0.717) is 27.6 Å². The summed E-state index contributed by atoms with van der Waals surface area (Å²) in [7, 11) is 0. The number of para-hydroxylation sites is 1. The third-order valence-electron chi connectivity index (χ3n) is 3.94. The molecule has 0 aliphatic rings. The number of hydrogen-bond acceptors (Lipinski definition) is 4. The Kier molecular flexibility index (Phi) is 3.71. The van der Waals surface area contributed by atoms with Crippen LogP contribution in [-0.4, -0.2) is 10.8 Å². The second-order valence-electron chi connectivity index (χ2n) is 5.60. The molecule has 0 fully saturated rings. The van der Waals surface area contributed by atoms with Crippen LogP contribution in [0.3, 0.4) is 0 Å². The van der Waals surface area contributed by atoms with Gasteiger partial charge in [-0.2, -0.15) is 0 Å². The fraction of sp³-hybridized carbons (Fsp3) is 0. The van der Waals surface area contributed by atoms with Crippen molar-refractivity contribution in [3.63, 3.8) is 0 Å². The number of carbonyl (C=O) groups is 1. The summed E-state index contributed by atoms with van der Waals surface area (Å²) >= 11 is 0. The van der Waals surface area contributed by atoms with Crippen molar-refractivity contribution in [2.75, 3.05) is 0 Å². The molecule has 0 amide bonds. The van der Waals surface area contributed by atoms with Crippen LogP contribution in [0.25, 0.3) is 22.4 Å². The number of aromatic nitrogens is 1. The number of ketones is 1. The standard InChI is InChI=1S/C21H13NO3/c23-19(14-7-2-1-3-8-14)15-9-6-10-16(13-15)20-22-18-12-5-4-11-17(18)21(24)25-20/h1-13H. The topological polar surface area (TPSA) is 60.2 Å². The van der Waals surface area contributed by atoms with Gasteiger partial charge in [-0.1, -0.05) is 54.6 Å². The van der Waals surface area contributed by atoms with Gasteiger partial charge in [0, 0.05) is 16.7 Å². The van der Waals surface area contributed by atoms with Gasteiger partial charge in [0.05, 0.1) is 10.9 Å². The molecule has 0 radical (unpaired) electrons. The first-order chi connectivity index (χ1) is 12.2. The summed E-state index contributed by atoms with van der Waals surface area (Å²) in [6.45, 7) is 0. The van der Waals surface area contributed by atoms with Crippen LogP contribution in [0.5, 0.6) is 0 Å². The molecular weight excluding hydrogens is 314 g/mol. The fourth-order valence-corrected chi connectivity index (χ4v) is 2.69. The van der Waals surface area contributed by atoms with Gasteiger partial charge in [-0.15, -0.1) is 0 Å². The van der Waals surface area contributed by atoms with Crippen molar-refractivity contribution in [1.82, 2.24) is 4.98 Å². The molecule has 0 bridgehead atoms. The van der Waals surface area contributed by atoms with E-state index < -0.39 is 5.63 Å². The Morgan fingerprint density at radius 2 is 1.52 bits per heavy atom. The molecule has 3 aromatic carbocycles. The predicted octanol–water partition coefficient (Wildman–Crippen LogP) is 4.09. The highest BCUT2D eigenvalue weighted by atomic mass is 16.4. The molecule has 120 valence electrons. The Balaban J connectivity index is 1.80. The quantitative estimate of drug-likeness (QED) is 0.532. The van der Waals surface area contributed by atoms with Gasteiger partial charge < -0.3 is 4.42 Å². The summed E-state index contributed by atoms with van der Waals surface area (Å²) in [4.78, 5) is 29.1. The molecule has 4 heteroatoms. The molecule has 4 rings (SSSR count). The molecule has 0 aliphatic carbocycles. The first-order valence-corrected chi connectivity index (χ1v) is 7.82. The van der Waals surface area contributed by atoms with Gasteiger partial charge in [-0.05, 0) is 24.3 Å². The average Bonchev–Trinajstić information content (AvgIpc) is 2.68. The van der Waals surface area contributed by atoms with E-state index in [2.05, 4.69) is 4.98 Å². The molecule has 0 aliphatic heterocycles. The van der Waals surface area contributed by atoms with E-state index in [-0.39, 0.29) is 11.7 Å². The van der Waals surface area contributed by atoms with Crippen LogP contribution in [0, 0.1) is 0 Å². The molecule has 4 aromatic rings. The zero-order chi connectivity index (χ0) is 17.2. The summed E-state index contributed by atoms with van der Waals surface area (Å²) in [5.41, 5.74) is 1.83. The van der Waals surface area contributed by atoms with Gasteiger partial charge in [0.1, 0.15) is 0 Å². The lowest BCUT2D eigenvalue weighted by atomic mass is 10.0. The van der Waals surface area contributed by atoms with Crippen molar-refractivity contribution < 1.29 is 9.21 Å². The predicted molar refractivity (Wildman–Crippen MR) is 95.6 cm³/mol. The molecule has 0 N–H and O–H groups in total. The van der Waals surface area contributed by atoms with Crippen LogP contribution >= 0.6 is 0 Å². The monoisotopic (exact) mass is 327 g/mol. The lowest BCUT2D eigenvalue weighted by Gasteiger charge is -2.05. The van der Waals surface area contributed by atoms with E-state index in [9.17, 15) is 9.59 Å². The first kappa shape index (κ1) is 15.0. The summed E-state index contributed by atoms with van der Waals surface area (Å²) in [6.07, 6.45) is 0. The Labute approximate surface area is 143 Å². The Morgan fingerprint density at radius 3 is 2.36 bits per heavy atom. The zero-order valence-corrected chi connectivity index (χ0v) is 13.2. The molecule has 1 aromatic heterocycles. The molecule has 1 heterocycles. The van der Waals surface area contributed by atoms with Crippen molar-refractivity contribution in [2.24, 2.45) is 0 Å². The Bertz CT molecular complexity index is 1130. The molecular formula is C21H13NO3. The zero-order valence-electron chi connectivity index (χ0n) is 13.2. The average molecular weight is 327 g/mol. The van der Waals surface area contributed by atoms with Gasteiger partial charge in [0.15, 0.2) is 5.78 Å². The first-order valence-electron chi connectivity index (χ1n) is 7.82. The SMILES string of the molecule is O=C(c1ccccc1)c1cccc(-c2nc3ccccc3c(=O)o2)c1. The Morgan fingerprint density at radius 1 is 0.800 bits per heavy atom. The number of hydrogen-bond donors (Lipinski definition) is 0. The number of benzene rings is 3. The third kappa shape index (κ3) is 2.85. The summed E-state index contributed by atoms with van der Waals surface area (Å²) in [5, 5.41) is 0.433. The molecule has 0 atom stereocenters. The van der Waals surface area contributed by atoms with E-state index in [1.54, 1.807) is 54.6 Å². The van der Waals surface area contributed by atoms with Crippen molar-refractivity contribution in [3.05, 3.63) is 100 Å². The maximum Gasteiger partial charge on any atom is 0.347 e. The van der Waals surface area contributed by atoms with Crippen molar-refractivity contribution in [2.45, 2.75) is 0 Å². The lowest BCUT2D eigenvalue weighted by molar-refractivity contribution is 0.103. The number of rotatable bonds is 3. The molecule has 0 unspecified atom stereocenters. The van der Waals surface area contributed by atoms with Crippen LogP contribution in [-0.2, 0) is 0 Å². The molecule has 25 heavy (non-hydrogen) atoms. The van der Waals surface area contributed by atoms with E-state index in [0.717, 1.165) is 0 Å². The minimum Gasteiger partial charge on any atom is -0.403 e.